The fraction of sp³-hybridized carbons (Fsp3) is 0.417. The van der Waals surface area contributed by atoms with Crippen LogP contribution in [0.2, 0.25) is 0 Å². The van der Waals surface area contributed by atoms with Crippen molar-refractivity contribution in [2.24, 2.45) is 0 Å². The summed E-state index contributed by atoms with van der Waals surface area (Å²) in [6.07, 6.45) is -0.317. The zero-order valence-electron chi connectivity index (χ0n) is 9.90. The SMILES string of the molecule is CCOC(=O)CC(C)Oc1cc(F)ccc1N. The maximum absolute atomic E-state index is 13.0. The Bertz CT molecular complexity index is 395. The third kappa shape index (κ3) is 4.30. The number of hydrogen-bond acceptors (Lipinski definition) is 4. The van der Waals surface area contributed by atoms with Gasteiger partial charge in [-0.05, 0) is 26.0 Å². The molecule has 17 heavy (non-hydrogen) atoms. The highest BCUT2D eigenvalue weighted by Gasteiger charge is 2.13. The Morgan fingerprint density at radius 3 is 2.88 bits per heavy atom. The van der Waals surface area contributed by atoms with Gasteiger partial charge in [0.2, 0.25) is 0 Å². The first-order valence-electron chi connectivity index (χ1n) is 5.40. The third-order valence-corrected chi connectivity index (χ3v) is 2.06. The number of anilines is 1. The van der Waals surface area contributed by atoms with E-state index in [0.29, 0.717) is 12.3 Å². The van der Waals surface area contributed by atoms with Gasteiger partial charge < -0.3 is 15.2 Å². The highest BCUT2D eigenvalue weighted by Crippen LogP contribution is 2.23. The van der Waals surface area contributed by atoms with Gasteiger partial charge in [-0.15, -0.1) is 0 Å². The number of esters is 1. The van der Waals surface area contributed by atoms with Gasteiger partial charge in [0.25, 0.3) is 0 Å². The summed E-state index contributed by atoms with van der Waals surface area (Å²) in [5, 5.41) is 0. The number of carbonyl (C=O) groups excluding carboxylic acids is 1. The molecule has 4 nitrogen and oxygen atoms in total. The van der Waals surface area contributed by atoms with Gasteiger partial charge in [0, 0.05) is 6.07 Å². The molecule has 5 heteroatoms. The first kappa shape index (κ1) is 13.3. The summed E-state index contributed by atoms with van der Waals surface area (Å²) in [5.74, 6) is -0.547. The summed E-state index contributed by atoms with van der Waals surface area (Å²) in [4.78, 5) is 11.2. The number of nitrogens with two attached hydrogens (primary N) is 1. The Kier molecular flexibility index (Phi) is 4.75. The third-order valence-electron chi connectivity index (χ3n) is 2.06. The topological polar surface area (TPSA) is 61.5 Å². The minimum atomic E-state index is -0.433. The van der Waals surface area contributed by atoms with E-state index < -0.39 is 11.9 Å². The maximum Gasteiger partial charge on any atom is 0.309 e. The fourth-order valence-electron chi connectivity index (χ4n) is 1.32. The van der Waals surface area contributed by atoms with Crippen molar-refractivity contribution in [1.82, 2.24) is 0 Å². The molecule has 1 aromatic carbocycles. The summed E-state index contributed by atoms with van der Waals surface area (Å²) in [7, 11) is 0. The molecule has 0 aliphatic carbocycles. The summed E-state index contributed by atoms with van der Waals surface area (Å²) < 4.78 is 23.1. The number of carbonyl (C=O) groups is 1. The van der Waals surface area contributed by atoms with Crippen LogP contribution in [0, 0.1) is 5.82 Å². The molecule has 1 aromatic rings. The van der Waals surface area contributed by atoms with Gasteiger partial charge in [-0.2, -0.15) is 0 Å². The molecule has 0 spiro atoms. The standard InChI is InChI=1S/C12H16FNO3/c1-3-16-12(15)6-8(2)17-11-7-9(13)4-5-10(11)14/h4-5,7-8H,3,6,14H2,1-2H3. The normalized spacial score (nSPS) is 11.9. The van der Waals surface area contributed by atoms with Crippen LogP contribution in [0.25, 0.3) is 0 Å². The number of rotatable bonds is 5. The molecule has 1 atom stereocenters. The zero-order chi connectivity index (χ0) is 12.8. The van der Waals surface area contributed by atoms with E-state index in [0.717, 1.165) is 0 Å². The zero-order valence-corrected chi connectivity index (χ0v) is 9.90. The monoisotopic (exact) mass is 241 g/mol. The van der Waals surface area contributed by atoms with E-state index in [1.54, 1.807) is 13.8 Å². The minimum Gasteiger partial charge on any atom is -0.488 e. The van der Waals surface area contributed by atoms with Crippen LogP contribution in [0.3, 0.4) is 0 Å². The molecule has 0 saturated carbocycles. The first-order valence-corrected chi connectivity index (χ1v) is 5.40. The highest BCUT2D eigenvalue weighted by atomic mass is 19.1. The summed E-state index contributed by atoms with van der Waals surface area (Å²) >= 11 is 0. The molecule has 94 valence electrons. The molecule has 0 heterocycles. The predicted molar refractivity (Wildman–Crippen MR) is 62.2 cm³/mol. The van der Waals surface area contributed by atoms with Gasteiger partial charge in [-0.25, -0.2) is 4.39 Å². The molecule has 0 bridgehead atoms. The molecule has 0 aliphatic rings. The number of hydrogen-bond donors (Lipinski definition) is 1. The number of nitrogen functional groups attached to an aromatic ring is 1. The molecule has 0 fully saturated rings. The van der Waals surface area contributed by atoms with Crippen LogP contribution in [0.1, 0.15) is 20.3 Å². The van der Waals surface area contributed by atoms with Crippen LogP contribution in [0.15, 0.2) is 18.2 Å². The minimum absolute atomic E-state index is 0.101. The van der Waals surface area contributed by atoms with E-state index >= 15 is 0 Å². The lowest BCUT2D eigenvalue weighted by atomic mass is 10.2. The van der Waals surface area contributed by atoms with Crippen LogP contribution in [0.4, 0.5) is 10.1 Å². The van der Waals surface area contributed by atoms with E-state index in [1.165, 1.54) is 18.2 Å². The van der Waals surface area contributed by atoms with Gasteiger partial charge in [0.05, 0.1) is 18.7 Å². The number of halogens is 1. The van der Waals surface area contributed by atoms with Crippen molar-refractivity contribution < 1.29 is 18.7 Å². The van der Waals surface area contributed by atoms with Gasteiger partial charge in [0.1, 0.15) is 17.7 Å². The van der Waals surface area contributed by atoms with Crippen molar-refractivity contribution in [1.29, 1.82) is 0 Å². The second-order valence-electron chi connectivity index (χ2n) is 3.62. The molecular formula is C12H16FNO3. The van der Waals surface area contributed by atoms with E-state index in [1.807, 2.05) is 0 Å². The highest BCUT2D eigenvalue weighted by molar-refractivity contribution is 5.70. The molecule has 1 unspecified atom stereocenters. The van der Waals surface area contributed by atoms with Gasteiger partial charge in [-0.1, -0.05) is 0 Å². The largest absolute Gasteiger partial charge is 0.488 e. The van der Waals surface area contributed by atoms with E-state index in [-0.39, 0.29) is 18.1 Å². The fourth-order valence-corrected chi connectivity index (χ4v) is 1.32. The molecule has 0 aliphatic heterocycles. The van der Waals surface area contributed by atoms with Crippen molar-refractivity contribution >= 4 is 11.7 Å². The summed E-state index contributed by atoms with van der Waals surface area (Å²) in [6.45, 7) is 3.75. The van der Waals surface area contributed by atoms with Crippen molar-refractivity contribution in [3.8, 4) is 5.75 Å². The average Bonchev–Trinajstić information content (AvgIpc) is 2.23. The number of benzene rings is 1. The Morgan fingerprint density at radius 2 is 2.24 bits per heavy atom. The molecule has 0 saturated heterocycles. The number of ether oxygens (including phenoxy) is 2. The molecule has 0 radical (unpaired) electrons. The van der Waals surface area contributed by atoms with E-state index in [2.05, 4.69) is 0 Å². The van der Waals surface area contributed by atoms with Gasteiger partial charge in [-0.3, -0.25) is 4.79 Å². The Balaban J connectivity index is 2.58. The lowest BCUT2D eigenvalue weighted by molar-refractivity contribution is -0.144. The first-order chi connectivity index (χ1) is 8.02. The van der Waals surface area contributed by atoms with Crippen LogP contribution >= 0.6 is 0 Å². The lowest BCUT2D eigenvalue weighted by Gasteiger charge is -2.15. The van der Waals surface area contributed by atoms with Crippen molar-refractivity contribution in [2.75, 3.05) is 12.3 Å². The van der Waals surface area contributed by atoms with E-state index in [4.69, 9.17) is 15.2 Å². The smallest absolute Gasteiger partial charge is 0.309 e. The summed E-state index contributed by atoms with van der Waals surface area (Å²) in [6, 6.07) is 3.86. The van der Waals surface area contributed by atoms with Crippen LogP contribution in [-0.4, -0.2) is 18.7 Å². The van der Waals surface area contributed by atoms with Crippen molar-refractivity contribution in [3.63, 3.8) is 0 Å². The lowest BCUT2D eigenvalue weighted by Crippen LogP contribution is -2.19. The van der Waals surface area contributed by atoms with Gasteiger partial charge in [0.15, 0.2) is 0 Å². The van der Waals surface area contributed by atoms with Crippen molar-refractivity contribution in [3.05, 3.63) is 24.0 Å². The average molecular weight is 241 g/mol. The second kappa shape index (κ2) is 6.08. The Labute approximate surface area is 99.5 Å². The van der Waals surface area contributed by atoms with Crippen LogP contribution in [0.5, 0.6) is 5.75 Å². The van der Waals surface area contributed by atoms with Gasteiger partial charge >= 0.3 is 5.97 Å². The summed E-state index contributed by atoms with van der Waals surface area (Å²) in [5.41, 5.74) is 5.95. The van der Waals surface area contributed by atoms with Crippen LogP contribution < -0.4 is 10.5 Å². The Morgan fingerprint density at radius 1 is 1.53 bits per heavy atom. The Hall–Kier alpha value is -1.78. The molecule has 2 N–H and O–H groups in total. The molecule has 0 amide bonds. The van der Waals surface area contributed by atoms with E-state index in [9.17, 15) is 9.18 Å². The van der Waals surface area contributed by atoms with Crippen molar-refractivity contribution in [2.45, 2.75) is 26.4 Å². The maximum atomic E-state index is 13.0. The predicted octanol–water partition coefficient (Wildman–Crippen LogP) is 2.13. The molecular weight excluding hydrogens is 225 g/mol. The molecule has 0 aromatic heterocycles. The second-order valence-corrected chi connectivity index (χ2v) is 3.62. The van der Waals surface area contributed by atoms with Crippen LogP contribution in [-0.2, 0) is 9.53 Å². The quantitative estimate of drug-likeness (QED) is 0.633. The molecule has 1 rings (SSSR count).